The molecule has 0 bridgehead atoms. The first kappa shape index (κ1) is 18.2. The van der Waals surface area contributed by atoms with Crippen LogP contribution in [-0.4, -0.2) is 63.3 Å². The highest BCUT2D eigenvalue weighted by molar-refractivity contribution is 5.79. The van der Waals surface area contributed by atoms with E-state index >= 15 is 0 Å². The minimum atomic E-state index is 0.261. The van der Waals surface area contributed by atoms with Crippen molar-refractivity contribution in [1.82, 2.24) is 15.5 Å². The van der Waals surface area contributed by atoms with Gasteiger partial charge < -0.3 is 15.4 Å². The molecule has 1 aliphatic heterocycles. The van der Waals surface area contributed by atoms with Crippen LogP contribution < -0.4 is 10.6 Å². The number of hydrogen-bond donors (Lipinski definition) is 2. The van der Waals surface area contributed by atoms with Crippen LogP contribution >= 0.6 is 0 Å². The number of guanidine groups is 1. The molecule has 0 aliphatic carbocycles. The Balaban J connectivity index is 2.45. The summed E-state index contributed by atoms with van der Waals surface area (Å²) in [5, 5.41) is 6.84. The zero-order valence-corrected chi connectivity index (χ0v) is 14.5. The Bertz CT molecular complexity index is 301. The number of rotatable bonds is 8. The van der Waals surface area contributed by atoms with E-state index in [2.05, 4.69) is 41.3 Å². The van der Waals surface area contributed by atoms with Crippen molar-refractivity contribution in [3.05, 3.63) is 0 Å². The van der Waals surface area contributed by atoms with Crippen molar-refractivity contribution in [3.63, 3.8) is 0 Å². The van der Waals surface area contributed by atoms with Crippen LogP contribution in [0.2, 0.25) is 0 Å². The highest BCUT2D eigenvalue weighted by Crippen LogP contribution is 2.17. The van der Waals surface area contributed by atoms with Gasteiger partial charge >= 0.3 is 0 Å². The zero-order chi connectivity index (χ0) is 15.7. The molecule has 1 aliphatic rings. The van der Waals surface area contributed by atoms with Gasteiger partial charge in [-0.15, -0.1) is 0 Å². The number of aliphatic imine (C=N–C) groups is 1. The smallest absolute Gasteiger partial charge is 0.191 e. The maximum Gasteiger partial charge on any atom is 0.191 e. The summed E-state index contributed by atoms with van der Waals surface area (Å²) in [6.07, 6.45) is 3.91. The lowest BCUT2D eigenvalue weighted by Crippen LogP contribution is -2.49. The first-order chi connectivity index (χ1) is 10.1. The van der Waals surface area contributed by atoms with Crippen molar-refractivity contribution in [3.8, 4) is 0 Å². The summed E-state index contributed by atoms with van der Waals surface area (Å²) in [4.78, 5) is 6.93. The Kier molecular flexibility index (Phi) is 8.69. The first-order valence-electron chi connectivity index (χ1n) is 8.27. The van der Waals surface area contributed by atoms with Crippen molar-refractivity contribution in [2.24, 2.45) is 10.9 Å². The lowest BCUT2D eigenvalue weighted by atomic mass is 10.0. The van der Waals surface area contributed by atoms with Crippen LogP contribution in [0.3, 0.4) is 0 Å². The van der Waals surface area contributed by atoms with Gasteiger partial charge in [0.2, 0.25) is 0 Å². The fraction of sp³-hybridized carbons (Fsp3) is 0.938. The molecule has 1 rings (SSSR count). The monoisotopic (exact) mass is 298 g/mol. The zero-order valence-electron chi connectivity index (χ0n) is 14.5. The largest absolute Gasteiger partial charge is 0.383 e. The molecule has 0 aromatic carbocycles. The molecule has 5 heteroatoms. The van der Waals surface area contributed by atoms with Gasteiger partial charge in [0, 0.05) is 32.8 Å². The summed E-state index contributed by atoms with van der Waals surface area (Å²) >= 11 is 0. The van der Waals surface area contributed by atoms with Gasteiger partial charge in [0.05, 0.1) is 6.61 Å². The summed E-state index contributed by atoms with van der Waals surface area (Å²) in [7, 11) is 3.54. The lowest BCUT2D eigenvalue weighted by Gasteiger charge is -2.30. The molecule has 1 fully saturated rings. The standard InChI is InChI=1S/C16H34N4O/c1-13(2)10-15(20-8-6-7-9-20)11-18-16(17-4)19-14(3)12-21-5/h13-15H,6-12H2,1-5H3,(H2,17,18,19). The molecule has 21 heavy (non-hydrogen) atoms. The van der Waals surface area contributed by atoms with Crippen molar-refractivity contribution >= 4 is 5.96 Å². The third-order valence-electron chi connectivity index (χ3n) is 3.93. The molecule has 0 aromatic heterocycles. The van der Waals surface area contributed by atoms with Gasteiger partial charge in [-0.25, -0.2) is 0 Å². The van der Waals surface area contributed by atoms with Crippen LogP contribution in [0, 0.1) is 5.92 Å². The average molecular weight is 298 g/mol. The molecule has 0 aromatic rings. The molecule has 0 saturated carbocycles. The maximum atomic E-state index is 5.16. The summed E-state index contributed by atoms with van der Waals surface area (Å²) in [6, 6.07) is 0.861. The number of methoxy groups -OCH3 is 1. The van der Waals surface area contributed by atoms with Gasteiger partial charge in [0.1, 0.15) is 0 Å². The van der Waals surface area contributed by atoms with Gasteiger partial charge in [0.25, 0.3) is 0 Å². The van der Waals surface area contributed by atoms with E-state index in [9.17, 15) is 0 Å². The van der Waals surface area contributed by atoms with Crippen LogP contribution in [0.1, 0.15) is 40.0 Å². The SMILES string of the molecule is CN=C(NCC(CC(C)C)N1CCCC1)NC(C)COC. The number of ether oxygens (including phenoxy) is 1. The van der Waals surface area contributed by atoms with Crippen molar-refractivity contribution in [1.29, 1.82) is 0 Å². The van der Waals surface area contributed by atoms with Crippen LogP contribution in [0.5, 0.6) is 0 Å². The lowest BCUT2D eigenvalue weighted by molar-refractivity contribution is 0.178. The van der Waals surface area contributed by atoms with E-state index in [1.165, 1.54) is 32.4 Å². The molecule has 0 amide bonds. The summed E-state index contributed by atoms with van der Waals surface area (Å²) in [6.45, 7) is 10.8. The number of likely N-dealkylation sites (tertiary alicyclic amines) is 1. The van der Waals surface area contributed by atoms with E-state index in [4.69, 9.17) is 4.74 Å². The normalized spacial score (nSPS) is 19.8. The van der Waals surface area contributed by atoms with E-state index in [1.54, 1.807) is 7.11 Å². The molecular weight excluding hydrogens is 264 g/mol. The molecule has 0 radical (unpaired) electrons. The van der Waals surface area contributed by atoms with E-state index in [1.807, 2.05) is 7.05 Å². The fourth-order valence-corrected chi connectivity index (χ4v) is 2.95. The molecule has 2 N–H and O–H groups in total. The molecule has 1 heterocycles. The summed E-state index contributed by atoms with van der Waals surface area (Å²) < 4.78 is 5.16. The van der Waals surface area contributed by atoms with Gasteiger partial charge in [-0.1, -0.05) is 13.8 Å². The van der Waals surface area contributed by atoms with Crippen LogP contribution in [0.15, 0.2) is 4.99 Å². The van der Waals surface area contributed by atoms with Crippen LogP contribution in [-0.2, 0) is 4.74 Å². The third-order valence-corrected chi connectivity index (χ3v) is 3.93. The second-order valence-electron chi connectivity index (χ2n) is 6.48. The van der Waals surface area contributed by atoms with Gasteiger partial charge in [-0.05, 0) is 45.2 Å². The summed E-state index contributed by atoms with van der Waals surface area (Å²) in [5.41, 5.74) is 0. The Hall–Kier alpha value is -0.810. The molecule has 124 valence electrons. The Morgan fingerprint density at radius 3 is 2.43 bits per heavy atom. The minimum absolute atomic E-state index is 0.261. The third kappa shape index (κ3) is 7.14. The van der Waals surface area contributed by atoms with E-state index in [0.29, 0.717) is 12.6 Å². The highest BCUT2D eigenvalue weighted by Gasteiger charge is 2.22. The Morgan fingerprint density at radius 2 is 1.90 bits per heavy atom. The minimum Gasteiger partial charge on any atom is -0.383 e. The second-order valence-corrected chi connectivity index (χ2v) is 6.48. The highest BCUT2D eigenvalue weighted by atomic mass is 16.5. The van der Waals surface area contributed by atoms with E-state index in [-0.39, 0.29) is 6.04 Å². The predicted molar refractivity (Wildman–Crippen MR) is 89.9 cm³/mol. The molecule has 5 nitrogen and oxygen atoms in total. The van der Waals surface area contributed by atoms with Gasteiger partial charge in [-0.3, -0.25) is 9.89 Å². The topological polar surface area (TPSA) is 48.9 Å². The van der Waals surface area contributed by atoms with Crippen molar-refractivity contribution in [2.45, 2.75) is 52.1 Å². The van der Waals surface area contributed by atoms with Gasteiger partial charge in [0.15, 0.2) is 5.96 Å². The first-order valence-corrected chi connectivity index (χ1v) is 8.27. The quantitative estimate of drug-likeness (QED) is 0.529. The second kappa shape index (κ2) is 10.0. The Morgan fingerprint density at radius 1 is 1.24 bits per heavy atom. The van der Waals surface area contributed by atoms with Crippen molar-refractivity contribution < 1.29 is 4.74 Å². The maximum absolute atomic E-state index is 5.16. The molecule has 1 saturated heterocycles. The fourth-order valence-electron chi connectivity index (χ4n) is 2.95. The van der Waals surface area contributed by atoms with Gasteiger partial charge in [-0.2, -0.15) is 0 Å². The number of nitrogens with one attached hydrogen (secondary N) is 2. The molecule has 2 unspecified atom stereocenters. The number of hydrogen-bond acceptors (Lipinski definition) is 3. The van der Waals surface area contributed by atoms with E-state index < -0.39 is 0 Å². The Labute approximate surface area is 130 Å². The molecule has 0 spiro atoms. The van der Waals surface area contributed by atoms with E-state index in [0.717, 1.165) is 18.4 Å². The predicted octanol–water partition coefficient (Wildman–Crippen LogP) is 1.70. The molecular formula is C16H34N4O. The average Bonchev–Trinajstić information content (AvgIpc) is 2.95. The number of nitrogens with zero attached hydrogens (tertiary/aromatic N) is 2. The van der Waals surface area contributed by atoms with Crippen molar-refractivity contribution in [2.75, 3.05) is 40.4 Å². The molecule has 2 atom stereocenters. The van der Waals surface area contributed by atoms with Crippen LogP contribution in [0.25, 0.3) is 0 Å². The summed E-state index contributed by atoms with van der Waals surface area (Å²) in [5.74, 6) is 1.59. The van der Waals surface area contributed by atoms with Crippen LogP contribution in [0.4, 0.5) is 0 Å².